The van der Waals surface area contributed by atoms with E-state index in [2.05, 4.69) is 10.6 Å². The fourth-order valence-electron chi connectivity index (χ4n) is 3.36. The summed E-state index contributed by atoms with van der Waals surface area (Å²) in [5, 5.41) is 5.47. The molecule has 1 aromatic carbocycles. The van der Waals surface area contributed by atoms with Gasteiger partial charge in [0.15, 0.2) is 0 Å². The second-order valence-electron chi connectivity index (χ2n) is 9.57. The van der Waals surface area contributed by atoms with Crippen molar-refractivity contribution in [3.05, 3.63) is 35.9 Å². The van der Waals surface area contributed by atoms with Crippen LogP contribution in [0.15, 0.2) is 30.3 Å². The summed E-state index contributed by atoms with van der Waals surface area (Å²) in [5.74, 6) is -1.40. The van der Waals surface area contributed by atoms with Gasteiger partial charge in [0, 0.05) is 19.0 Å². The maximum atomic E-state index is 13.8. The number of hydrogen-bond acceptors (Lipinski definition) is 5. The van der Waals surface area contributed by atoms with Gasteiger partial charge in [0.2, 0.25) is 17.7 Å². The van der Waals surface area contributed by atoms with Crippen LogP contribution in [0.25, 0.3) is 0 Å². The molecule has 0 heterocycles. The molecule has 4 amide bonds. The Morgan fingerprint density at radius 3 is 2.18 bits per heavy atom. The lowest BCUT2D eigenvalue weighted by Gasteiger charge is -2.35. The lowest BCUT2D eigenvalue weighted by Crippen LogP contribution is -2.53. The highest BCUT2D eigenvalue weighted by molar-refractivity contribution is 5.92. The van der Waals surface area contributed by atoms with Gasteiger partial charge in [-0.3, -0.25) is 14.4 Å². The smallest absolute Gasteiger partial charge is 0.408 e. The van der Waals surface area contributed by atoms with Crippen LogP contribution in [0.4, 0.5) is 4.79 Å². The normalized spacial score (nSPS) is 13.0. The first kappa shape index (κ1) is 28.9. The van der Waals surface area contributed by atoms with Gasteiger partial charge in [-0.15, -0.1) is 0 Å². The van der Waals surface area contributed by atoms with E-state index in [1.54, 1.807) is 45.0 Å². The molecule has 4 N–H and O–H groups in total. The van der Waals surface area contributed by atoms with Crippen molar-refractivity contribution in [2.75, 3.05) is 6.54 Å². The number of carbonyl (C=O) groups is 4. The van der Waals surface area contributed by atoms with E-state index in [1.807, 2.05) is 26.8 Å². The first-order chi connectivity index (χ1) is 15.9. The molecular weight excluding hydrogens is 436 g/mol. The van der Waals surface area contributed by atoms with Crippen molar-refractivity contribution >= 4 is 23.8 Å². The van der Waals surface area contributed by atoms with E-state index >= 15 is 0 Å². The highest BCUT2D eigenvalue weighted by Gasteiger charge is 2.36. The van der Waals surface area contributed by atoms with Crippen LogP contribution in [0.3, 0.4) is 0 Å². The number of ether oxygens (including phenoxy) is 1. The SMILES string of the molecule is CCCCN(C(=O)C(CCC(N)=O)NC(=O)OC(C)(C)C)C(C(=O)NC(C)C)c1ccccc1. The second-order valence-corrected chi connectivity index (χ2v) is 9.57. The van der Waals surface area contributed by atoms with Crippen molar-refractivity contribution < 1.29 is 23.9 Å². The van der Waals surface area contributed by atoms with Gasteiger partial charge in [-0.25, -0.2) is 4.79 Å². The maximum Gasteiger partial charge on any atom is 0.408 e. The van der Waals surface area contributed by atoms with E-state index in [9.17, 15) is 19.2 Å². The van der Waals surface area contributed by atoms with E-state index in [1.165, 1.54) is 4.90 Å². The van der Waals surface area contributed by atoms with Gasteiger partial charge in [0.25, 0.3) is 0 Å². The molecule has 9 heteroatoms. The molecule has 190 valence electrons. The molecule has 34 heavy (non-hydrogen) atoms. The average molecular weight is 477 g/mol. The highest BCUT2D eigenvalue weighted by Crippen LogP contribution is 2.24. The standard InChI is InChI=1S/C25H40N4O5/c1-7-8-16-29(21(22(31)27-17(2)3)18-12-10-9-11-13-18)23(32)19(14-15-20(26)30)28-24(33)34-25(4,5)6/h9-13,17,19,21H,7-8,14-16H2,1-6H3,(H2,26,30)(H,27,31)(H,28,33). The number of alkyl carbamates (subject to hydrolysis) is 1. The summed E-state index contributed by atoms with van der Waals surface area (Å²) in [4.78, 5) is 52.5. The Balaban J connectivity index is 3.39. The van der Waals surface area contributed by atoms with Crippen molar-refractivity contribution in [1.29, 1.82) is 0 Å². The molecular formula is C25H40N4O5. The van der Waals surface area contributed by atoms with Crippen LogP contribution in [-0.2, 0) is 19.1 Å². The number of nitrogens with zero attached hydrogens (tertiary/aromatic N) is 1. The largest absolute Gasteiger partial charge is 0.444 e. The van der Waals surface area contributed by atoms with Gasteiger partial charge in [-0.05, 0) is 53.0 Å². The number of rotatable bonds is 12. The molecule has 2 unspecified atom stereocenters. The summed E-state index contributed by atoms with van der Waals surface area (Å²) >= 11 is 0. The summed E-state index contributed by atoms with van der Waals surface area (Å²) in [6, 6.07) is 6.89. The van der Waals surface area contributed by atoms with Crippen LogP contribution in [0, 0.1) is 0 Å². The van der Waals surface area contributed by atoms with Crippen LogP contribution < -0.4 is 16.4 Å². The van der Waals surface area contributed by atoms with Gasteiger partial charge < -0.3 is 26.0 Å². The molecule has 9 nitrogen and oxygen atoms in total. The molecule has 0 fully saturated rings. The minimum Gasteiger partial charge on any atom is -0.444 e. The van der Waals surface area contributed by atoms with E-state index < -0.39 is 35.6 Å². The van der Waals surface area contributed by atoms with Crippen molar-refractivity contribution in [1.82, 2.24) is 15.5 Å². The summed E-state index contributed by atoms with van der Waals surface area (Å²) in [7, 11) is 0. The topological polar surface area (TPSA) is 131 Å². The van der Waals surface area contributed by atoms with Crippen LogP contribution in [0.1, 0.15) is 78.8 Å². The second kappa shape index (κ2) is 13.6. The molecule has 0 bridgehead atoms. The molecule has 0 aliphatic carbocycles. The Hall–Kier alpha value is -3.10. The van der Waals surface area contributed by atoms with Gasteiger partial charge >= 0.3 is 6.09 Å². The van der Waals surface area contributed by atoms with Crippen LogP contribution in [0.2, 0.25) is 0 Å². The quantitative estimate of drug-likeness (QED) is 0.427. The Morgan fingerprint density at radius 1 is 1.06 bits per heavy atom. The molecule has 0 aromatic heterocycles. The number of amides is 4. The minimum atomic E-state index is -1.09. The number of nitrogens with two attached hydrogens (primary N) is 1. The molecule has 0 aliphatic rings. The fourth-order valence-corrected chi connectivity index (χ4v) is 3.36. The molecule has 0 aliphatic heterocycles. The predicted molar refractivity (Wildman–Crippen MR) is 131 cm³/mol. The summed E-state index contributed by atoms with van der Waals surface area (Å²) in [6.45, 7) is 11.1. The van der Waals surface area contributed by atoms with Crippen LogP contribution in [0.5, 0.6) is 0 Å². The van der Waals surface area contributed by atoms with Crippen LogP contribution >= 0.6 is 0 Å². The number of hydrogen-bond donors (Lipinski definition) is 3. The molecule has 0 spiro atoms. The lowest BCUT2D eigenvalue weighted by atomic mass is 10.0. The van der Waals surface area contributed by atoms with E-state index in [4.69, 9.17) is 10.5 Å². The average Bonchev–Trinajstić information content (AvgIpc) is 2.72. The van der Waals surface area contributed by atoms with Crippen LogP contribution in [-0.4, -0.2) is 52.9 Å². The Bertz CT molecular complexity index is 820. The number of nitrogens with one attached hydrogen (secondary N) is 2. The minimum absolute atomic E-state index is 0.0106. The summed E-state index contributed by atoms with van der Waals surface area (Å²) in [5.41, 5.74) is 5.19. The lowest BCUT2D eigenvalue weighted by molar-refractivity contribution is -0.143. The van der Waals surface area contributed by atoms with Crippen molar-refractivity contribution in [3.63, 3.8) is 0 Å². The van der Waals surface area contributed by atoms with Gasteiger partial charge in [-0.1, -0.05) is 43.7 Å². The third kappa shape index (κ3) is 10.2. The fraction of sp³-hybridized carbons (Fsp3) is 0.600. The molecule has 2 atom stereocenters. The molecule has 1 aromatic rings. The monoisotopic (exact) mass is 476 g/mol. The van der Waals surface area contributed by atoms with E-state index in [-0.39, 0.29) is 24.8 Å². The molecule has 1 rings (SSSR count). The first-order valence-electron chi connectivity index (χ1n) is 11.8. The zero-order chi connectivity index (χ0) is 25.9. The predicted octanol–water partition coefficient (Wildman–Crippen LogP) is 3.04. The zero-order valence-electron chi connectivity index (χ0n) is 21.2. The number of unbranched alkanes of at least 4 members (excludes halogenated alkanes) is 1. The number of primary amides is 1. The number of carbonyl (C=O) groups excluding carboxylic acids is 4. The molecule has 0 saturated heterocycles. The Kier molecular flexibility index (Phi) is 11.5. The van der Waals surface area contributed by atoms with Crippen molar-refractivity contribution in [2.45, 2.75) is 91.0 Å². The third-order valence-corrected chi connectivity index (χ3v) is 4.81. The van der Waals surface area contributed by atoms with Gasteiger partial charge in [0.1, 0.15) is 17.7 Å². The molecule has 0 saturated carbocycles. The Labute approximate surface area is 202 Å². The summed E-state index contributed by atoms with van der Waals surface area (Å²) in [6.07, 6.45) is 0.543. The first-order valence-corrected chi connectivity index (χ1v) is 11.8. The van der Waals surface area contributed by atoms with E-state index in [0.29, 0.717) is 18.5 Å². The zero-order valence-corrected chi connectivity index (χ0v) is 21.2. The van der Waals surface area contributed by atoms with E-state index in [0.717, 1.165) is 6.42 Å². The summed E-state index contributed by atoms with van der Waals surface area (Å²) < 4.78 is 5.32. The Morgan fingerprint density at radius 2 is 1.68 bits per heavy atom. The van der Waals surface area contributed by atoms with Crippen molar-refractivity contribution in [2.24, 2.45) is 5.73 Å². The highest BCUT2D eigenvalue weighted by atomic mass is 16.6. The number of benzene rings is 1. The van der Waals surface area contributed by atoms with Gasteiger partial charge in [0.05, 0.1) is 0 Å². The van der Waals surface area contributed by atoms with Crippen molar-refractivity contribution in [3.8, 4) is 0 Å². The maximum absolute atomic E-state index is 13.8. The molecule has 0 radical (unpaired) electrons. The third-order valence-electron chi connectivity index (χ3n) is 4.81. The van der Waals surface area contributed by atoms with Gasteiger partial charge in [-0.2, -0.15) is 0 Å².